The fraction of sp³-hybridized carbons (Fsp3) is 0.524. The Morgan fingerprint density at radius 1 is 0.949 bits per heavy atom. The highest BCUT2D eigenvalue weighted by atomic mass is 31.2. The number of aromatic nitrogens is 4. The number of benzene rings is 1. The second kappa shape index (κ2) is 15.8. The van der Waals surface area contributed by atoms with E-state index < -0.39 is 44.0 Å². The molecule has 0 radical (unpaired) electrons. The van der Waals surface area contributed by atoms with E-state index in [0.29, 0.717) is 24.1 Å². The Balaban J connectivity index is 0.000000531. The number of hydrogen-bond donors (Lipinski definition) is 11. The van der Waals surface area contributed by atoms with E-state index in [1.54, 1.807) is 12.1 Å². The Morgan fingerprint density at radius 3 is 2.00 bits per heavy atom. The molecule has 0 saturated carbocycles. The molecule has 0 bridgehead atoms. The van der Waals surface area contributed by atoms with Gasteiger partial charge in [-0.15, -0.1) is 0 Å². The van der Waals surface area contributed by atoms with Gasteiger partial charge in [0.1, 0.15) is 18.3 Å². The number of aromatic amines is 1. The van der Waals surface area contributed by atoms with Crippen molar-refractivity contribution >= 4 is 18.9 Å². The van der Waals surface area contributed by atoms with Crippen LogP contribution >= 0.6 is 7.82 Å². The number of aryl methyl sites for hydroxylation is 2. The van der Waals surface area contributed by atoms with Crippen LogP contribution in [0.5, 0.6) is 0 Å². The summed E-state index contributed by atoms with van der Waals surface area (Å²) >= 11 is 0. The molecule has 3 atom stereocenters. The maximum absolute atomic E-state index is 12.2. The molecule has 0 saturated heterocycles. The van der Waals surface area contributed by atoms with Crippen LogP contribution in [-0.2, 0) is 11.1 Å². The highest BCUT2D eigenvalue weighted by Crippen LogP contribution is 2.26. The third-order valence-electron chi connectivity index (χ3n) is 5.15. The number of hydrogen-bond acceptors (Lipinski definition) is 12. The molecule has 0 aromatic heterocycles. The first-order valence-corrected chi connectivity index (χ1v) is 13.0. The minimum Gasteiger partial charge on any atom is -0.395 e. The van der Waals surface area contributed by atoms with Crippen molar-refractivity contribution in [1.29, 1.82) is 0 Å². The summed E-state index contributed by atoms with van der Waals surface area (Å²) < 4.78 is 10.3. The van der Waals surface area contributed by atoms with Crippen LogP contribution < -0.4 is 16.6 Å². The molecule has 2 heterocycles. The maximum atomic E-state index is 12.2. The summed E-state index contributed by atoms with van der Waals surface area (Å²) in [6.45, 7) is 4.15. The number of phosphoric acid groups is 1. The fourth-order valence-electron chi connectivity index (χ4n) is 3.18. The lowest BCUT2D eigenvalue weighted by molar-refractivity contribution is -0.0802. The number of nitrogens with zero attached hydrogens (tertiary/aromatic N) is 3. The predicted octanol–water partition coefficient (Wildman–Crippen LogP) is -4.09. The van der Waals surface area contributed by atoms with Gasteiger partial charge < -0.3 is 55.2 Å². The van der Waals surface area contributed by atoms with E-state index in [9.17, 15) is 24.9 Å². The van der Waals surface area contributed by atoms with Gasteiger partial charge in [0.15, 0.2) is 11.5 Å². The largest absolute Gasteiger partial charge is 0.466 e. The van der Waals surface area contributed by atoms with Crippen LogP contribution in [0.15, 0.2) is 21.7 Å². The van der Waals surface area contributed by atoms with Gasteiger partial charge in [0.25, 0.3) is 5.56 Å². The summed E-state index contributed by atoms with van der Waals surface area (Å²) in [7, 11) is -4.64. The molecule has 220 valence electrons. The Bertz CT molecular complexity index is 1310. The summed E-state index contributed by atoms with van der Waals surface area (Å²) in [6, 6.07) is 3.53. The van der Waals surface area contributed by atoms with Crippen molar-refractivity contribution in [2.45, 2.75) is 38.7 Å². The molecule has 0 aliphatic carbocycles. The summed E-state index contributed by atoms with van der Waals surface area (Å²) in [5.41, 5.74) is 1.11. The molecular formula is C21H34N5O12P. The Kier molecular flexibility index (Phi) is 13.9. The number of fused-ring (bicyclic) bond motifs is 2. The third-order valence-corrected chi connectivity index (χ3v) is 5.15. The third kappa shape index (κ3) is 11.1. The average molecular weight is 580 g/mol. The van der Waals surface area contributed by atoms with E-state index in [1.165, 1.54) is 4.57 Å². The monoisotopic (exact) mass is 579 g/mol. The van der Waals surface area contributed by atoms with Crippen molar-refractivity contribution in [2.75, 3.05) is 32.9 Å². The molecule has 17 nitrogen and oxygen atoms in total. The summed E-state index contributed by atoms with van der Waals surface area (Å²) in [4.78, 5) is 55.6. The molecule has 0 spiro atoms. The molecule has 39 heavy (non-hydrogen) atoms. The van der Waals surface area contributed by atoms with Crippen LogP contribution in [0.1, 0.15) is 11.1 Å². The van der Waals surface area contributed by atoms with E-state index in [4.69, 9.17) is 34.6 Å². The molecule has 2 aliphatic rings. The SMILES string of the molecule is Cc1cc2nc3c(=O)[nH]c(=O)nc-3n(C[C@H](O)[C@H](O)[C@H](O)CO)c2cc1C.O=P(O)(O)O.OCCNCCO. The van der Waals surface area contributed by atoms with E-state index in [-0.39, 0.29) is 31.3 Å². The number of aliphatic hydroxyl groups is 6. The first-order valence-electron chi connectivity index (χ1n) is 11.4. The number of H-pyrrole nitrogens is 1. The van der Waals surface area contributed by atoms with Gasteiger partial charge in [-0.3, -0.25) is 9.78 Å². The van der Waals surface area contributed by atoms with Crippen molar-refractivity contribution in [2.24, 2.45) is 0 Å². The number of aliphatic hydroxyl groups excluding tert-OH is 6. The van der Waals surface area contributed by atoms with Crippen molar-refractivity contribution in [3.05, 3.63) is 44.1 Å². The van der Waals surface area contributed by atoms with Crippen LogP contribution in [0.3, 0.4) is 0 Å². The van der Waals surface area contributed by atoms with Crippen molar-refractivity contribution < 1.29 is 49.9 Å². The second-order valence-electron chi connectivity index (χ2n) is 8.21. The highest BCUT2D eigenvalue weighted by molar-refractivity contribution is 7.45. The second-order valence-corrected chi connectivity index (χ2v) is 9.24. The summed E-state index contributed by atoms with van der Waals surface area (Å²) in [5.74, 6) is -0.0516. The lowest BCUT2D eigenvalue weighted by Crippen LogP contribution is -2.42. The van der Waals surface area contributed by atoms with Crippen molar-refractivity contribution in [3.8, 4) is 11.5 Å². The van der Waals surface area contributed by atoms with E-state index in [1.807, 2.05) is 13.8 Å². The van der Waals surface area contributed by atoms with Gasteiger partial charge in [0.2, 0.25) is 0 Å². The zero-order chi connectivity index (χ0) is 29.9. The van der Waals surface area contributed by atoms with Crippen molar-refractivity contribution in [3.63, 3.8) is 0 Å². The first-order chi connectivity index (χ1) is 18.1. The molecule has 2 aliphatic heterocycles. The maximum Gasteiger partial charge on any atom is 0.466 e. The molecule has 3 rings (SSSR count). The lowest BCUT2D eigenvalue weighted by atomic mass is 10.1. The van der Waals surface area contributed by atoms with Gasteiger partial charge in [0, 0.05) is 13.1 Å². The zero-order valence-electron chi connectivity index (χ0n) is 21.2. The highest BCUT2D eigenvalue weighted by Gasteiger charge is 2.27. The normalized spacial score (nSPS) is 13.7. The fourth-order valence-corrected chi connectivity index (χ4v) is 3.18. The van der Waals surface area contributed by atoms with Crippen molar-refractivity contribution in [1.82, 2.24) is 24.8 Å². The molecule has 1 aromatic carbocycles. The lowest BCUT2D eigenvalue weighted by Gasteiger charge is -2.25. The van der Waals surface area contributed by atoms with Crippen LogP contribution in [-0.4, -0.2) is 116 Å². The minimum atomic E-state index is -4.64. The Morgan fingerprint density at radius 2 is 1.49 bits per heavy atom. The van der Waals surface area contributed by atoms with Gasteiger partial charge in [-0.25, -0.2) is 14.3 Å². The van der Waals surface area contributed by atoms with Crippen LogP contribution in [0.4, 0.5) is 0 Å². The Hall–Kier alpha value is -2.67. The molecule has 11 N–H and O–H groups in total. The molecule has 1 aromatic rings. The van der Waals surface area contributed by atoms with Gasteiger partial charge in [-0.05, 0) is 37.1 Å². The average Bonchev–Trinajstić information content (AvgIpc) is 2.84. The number of nitrogens with one attached hydrogen (secondary N) is 2. The van der Waals surface area contributed by atoms with E-state index in [2.05, 4.69) is 20.3 Å². The van der Waals surface area contributed by atoms with Gasteiger partial charge in [0.05, 0.1) is 37.4 Å². The summed E-state index contributed by atoms with van der Waals surface area (Å²) in [6.07, 6.45) is -4.68. The zero-order valence-corrected chi connectivity index (χ0v) is 22.1. The standard InChI is InChI=1S/C17H20N4O6.C4H11NO2.H3O4P/c1-7-3-9-10(4-8(7)2)21(5-11(23)14(25)12(24)6-22)15-13(18-9)16(26)20-17(27)19-15;6-3-1-5-2-4-7;1-5(2,3)4/h3-4,11-12,14,22-25H,5-6H2,1-2H3,(H,20,26,27);5-7H,1-4H2;(H3,1,2,3,4)/t11-,12+,14-;;/m0../s1. The van der Waals surface area contributed by atoms with Gasteiger partial charge >= 0.3 is 13.5 Å². The smallest absolute Gasteiger partial charge is 0.395 e. The van der Waals surface area contributed by atoms with E-state index >= 15 is 0 Å². The molecule has 0 amide bonds. The van der Waals surface area contributed by atoms with Crippen LogP contribution in [0.25, 0.3) is 22.6 Å². The van der Waals surface area contributed by atoms with E-state index in [0.717, 1.165) is 11.1 Å². The topological polar surface area (TPSA) is 292 Å². The summed E-state index contributed by atoms with van der Waals surface area (Å²) in [5, 5.41) is 57.9. The molecule has 18 heteroatoms. The Labute approximate surface area is 221 Å². The van der Waals surface area contributed by atoms with Crippen LogP contribution in [0, 0.1) is 13.8 Å². The predicted molar refractivity (Wildman–Crippen MR) is 137 cm³/mol. The molecular weight excluding hydrogens is 545 g/mol. The molecule has 0 unspecified atom stereocenters. The van der Waals surface area contributed by atoms with Crippen LogP contribution in [0.2, 0.25) is 0 Å². The number of rotatable bonds is 9. The first kappa shape index (κ1) is 34.4. The van der Waals surface area contributed by atoms with Gasteiger partial charge in [-0.2, -0.15) is 4.98 Å². The van der Waals surface area contributed by atoms with Gasteiger partial charge in [-0.1, -0.05) is 0 Å². The molecule has 0 fully saturated rings. The minimum absolute atomic E-state index is 0.0516. The quantitative estimate of drug-likeness (QED) is 0.0652.